The van der Waals surface area contributed by atoms with Gasteiger partial charge in [-0.05, 0) is 31.5 Å². The summed E-state index contributed by atoms with van der Waals surface area (Å²) in [5, 5.41) is 19.5. The lowest BCUT2D eigenvalue weighted by Gasteiger charge is -2.24. The molecule has 0 fully saturated rings. The number of halogens is 1. The van der Waals surface area contributed by atoms with Gasteiger partial charge in [-0.2, -0.15) is 0 Å². The second kappa shape index (κ2) is 6.78. The van der Waals surface area contributed by atoms with E-state index in [2.05, 4.69) is 15.6 Å². The Morgan fingerprint density at radius 1 is 1.39 bits per heavy atom. The SMILES string of the molecule is CC(C)(C(=O)NCc1cn(CC(=O)O)nn1)c1cccc(Cl)c1. The Hall–Kier alpha value is -2.41. The standard InChI is InChI=1S/C15H17ClN4O3/c1-15(2,10-4-3-5-11(16)6-10)14(23)17-7-12-8-20(19-18-12)9-13(21)22/h3-6,8H,7,9H2,1-2H3,(H,17,23)(H,21,22). The van der Waals surface area contributed by atoms with Crippen molar-refractivity contribution in [1.82, 2.24) is 20.3 Å². The Morgan fingerprint density at radius 2 is 2.13 bits per heavy atom. The first-order valence-electron chi connectivity index (χ1n) is 6.94. The molecular weight excluding hydrogens is 320 g/mol. The summed E-state index contributed by atoms with van der Waals surface area (Å²) in [4.78, 5) is 23.0. The Morgan fingerprint density at radius 3 is 2.78 bits per heavy atom. The zero-order valence-corrected chi connectivity index (χ0v) is 13.5. The van der Waals surface area contributed by atoms with Gasteiger partial charge in [-0.3, -0.25) is 9.59 Å². The molecule has 0 aliphatic rings. The maximum absolute atomic E-state index is 12.4. The molecule has 7 nitrogen and oxygen atoms in total. The quantitative estimate of drug-likeness (QED) is 0.835. The number of amides is 1. The normalized spacial score (nSPS) is 11.3. The molecule has 0 bridgehead atoms. The number of rotatable bonds is 6. The van der Waals surface area contributed by atoms with Crippen LogP contribution in [0.15, 0.2) is 30.5 Å². The van der Waals surface area contributed by atoms with Crippen LogP contribution in [0.2, 0.25) is 5.02 Å². The summed E-state index contributed by atoms with van der Waals surface area (Å²) in [5.41, 5.74) is 0.528. The lowest BCUT2D eigenvalue weighted by atomic mass is 9.84. The van der Waals surface area contributed by atoms with Crippen LogP contribution < -0.4 is 5.32 Å². The number of benzene rings is 1. The van der Waals surface area contributed by atoms with Crippen LogP contribution in [0.25, 0.3) is 0 Å². The van der Waals surface area contributed by atoms with Gasteiger partial charge in [0.1, 0.15) is 12.2 Å². The fourth-order valence-corrected chi connectivity index (χ4v) is 2.23. The Balaban J connectivity index is 2.01. The highest BCUT2D eigenvalue weighted by atomic mass is 35.5. The molecule has 0 aliphatic heterocycles. The van der Waals surface area contributed by atoms with E-state index < -0.39 is 11.4 Å². The number of hydrogen-bond donors (Lipinski definition) is 2. The fraction of sp³-hybridized carbons (Fsp3) is 0.333. The number of aliphatic carboxylic acids is 1. The molecule has 8 heteroatoms. The zero-order chi connectivity index (χ0) is 17.0. The summed E-state index contributed by atoms with van der Waals surface area (Å²) in [5.74, 6) is -1.19. The van der Waals surface area contributed by atoms with Crippen molar-refractivity contribution in [3.63, 3.8) is 0 Å². The average Bonchev–Trinajstić information content (AvgIpc) is 2.91. The van der Waals surface area contributed by atoms with Crippen LogP contribution in [0.4, 0.5) is 0 Å². The van der Waals surface area contributed by atoms with Gasteiger partial charge < -0.3 is 10.4 Å². The molecular formula is C15H17ClN4O3. The van der Waals surface area contributed by atoms with Gasteiger partial charge in [0.05, 0.1) is 18.2 Å². The molecule has 0 saturated carbocycles. The van der Waals surface area contributed by atoms with Gasteiger partial charge in [0.15, 0.2) is 0 Å². The van der Waals surface area contributed by atoms with E-state index in [1.807, 2.05) is 6.07 Å². The van der Waals surface area contributed by atoms with Crippen molar-refractivity contribution in [1.29, 1.82) is 0 Å². The van der Waals surface area contributed by atoms with Gasteiger partial charge in [0.2, 0.25) is 5.91 Å². The number of nitrogens with zero attached hydrogens (tertiary/aromatic N) is 3. The van der Waals surface area contributed by atoms with E-state index in [9.17, 15) is 9.59 Å². The summed E-state index contributed by atoms with van der Waals surface area (Å²) < 4.78 is 1.20. The van der Waals surface area contributed by atoms with Gasteiger partial charge in [0.25, 0.3) is 0 Å². The minimum absolute atomic E-state index is 0.169. The zero-order valence-electron chi connectivity index (χ0n) is 12.8. The van der Waals surface area contributed by atoms with E-state index >= 15 is 0 Å². The lowest BCUT2D eigenvalue weighted by Crippen LogP contribution is -2.39. The predicted octanol–water partition coefficient (Wildman–Crippen LogP) is 1.61. The number of aromatic nitrogens is 3. The largest absolute Gasteiger partial charge is 0.480 e. The molecule has 23 heavy (non-hydrogen) atoms. The van der Waals surface area contributed by atoms with Crippen LogP contribution in [0.1, 0.15) is 25.1 Å². The highest BCUT2D eigenvalue weighted by Gasteiger charge is 2.29. The molecule has 2 N–H and O–H groups in total. The second-order valence-corrected chi connectivity index (χ2v) is 6.06. The van der Waals surface area contributed by atoms with E-state index in [0.29, 0.717) is 10.7 Å². The molecule has 0 radical (unpaired) electrons. The average molecular weight is 337 g/mol. The van der Waals surface area contributed by atoms with Gasteiger partial charge in [0, 0.05) is 5.02 Å². The van der Waals surface area contributed by atoms with Crippen molar-refractivity contribution in [3.8, 4) is 0 Å². The number of carbonyl (C=O) groups excluding carboxylic acids is 1. The summed E-state index contributed by atoms with van der Waals surface area (Å²) >= 11 is 5.97. The Bertz CT molecular complexity index is 727. The van der Waals surface area contributed by atoms with Gasteiger partial charge in [-0.25, -0.2) is 4.68 Å². The maximum Gasteiger partial charge on any atom is 0.325 e. The van der Waals surface area contributed by atoms with Crippen LogP contribution in [0.5, 0.6) is 0 Å². The third kappa shape index (κ3) is 4.29. The lowest BCUT2D eigenvalue weighted by molar-refractivity contribution is -0.138. The van der Waals surface area contributed by atoms with E-state index in [4.69, 9.17) is 16.7 Å². The summed E-state index contributed by atoms with van der Waals surface area (Å²) in [6, 6.07) is 7.14. The molecule has 1 aromatic heterocycles. The minimum Gasteiger partial charge on any atom is -0.480 e. The number of hydrogen-bond acceptors (Lipinski definition) is 4. The first kappa shape index (κ1) is 17.0. The van der Waals surface area contributed by atoms with Gasteiger partial charge >= 0.3 is 5.97 Å². The van der Waals surface area contributed by atoms with E-state index in [1.54, 1.807) is 32.0 Å². The number of carboxylic acid groups (broad SMARTS) is 1. The van der Waals surface area contributed by atoms with Crippen LogP contribution >= 0.6 is 11.6 Å². The molecule has 1 aromatic carbocycles. The highest BCUT2D eigenvalue weighted by Crippen LogP contribution is 2.25. The van der Waals surface area contributed by atoms with E-state index in [1.165, 1.54) is 10.9 Å². The third-order valence-corrected chi connectivity index (χ3v) is 3.66. The molecule has 1 amide bonds. The number of carboxylic acids is 1. The van der Waals surface area contributed by atoms with E-state index in [-0.39, 0.29) is 19.0 Å². The molecule has 2 rings (SSSR count). The maximum atomic E-state index is 12.4. The van der Waals surface area contributed by atoms with Crippen LogP contribution in [-0.4, -0.2) is 32.0 Å². The van der Waals surface area contributed by atoms with Crippen LogP contribution in [0, 0.1) is 0 Å². The monoisotopic (exact) mass is 336 g/mol. The third-order valence-electron chi connectivity index (χ3n) is 3.43. The van der Waals surface area contributed by atoms with E-state index in [0.717, 1.165) is 5.56 Å². The van der Waals surface area contributed by atoms with Crippen molar-refractivity contribution in [2.24, 2.45) is 0 Å². The van der Waals surface area contributed by atoms with Crippen molar-refractivity contribution in [2.45, 2.75) is 32.4 Å². The highest BCUT2D eigenvalue weighted by molar-refractivity contribution is 6.30. The first-order chi connectivity index (χ1) is 10.8. The predicted molar refractivity (Wildman–Crippen MR) is 84.0 cm³/mol. The van der Waals surface area contributed by atoms with Gasteiger partial charge in [-0.1, -0.05) is 28.9 Å². The topological polar surface area (TPSA) is 97.1 Å². The molecule has 0 aliphatic carbocycles. The smallest absolute Gasteiger partial charge is 0.325 e. The summed E-state index contributed by atoms with van der Waals surface area (Å²) in [7, 11) is 0. The van der Waals surface area contributed by atoms with Crippen molar-refractivity contribution >= 4 is 23.5 Å². The molecule has 0 saturated heterocycles. The molecule has 0 atom stereocenters. The second-order valence-electron chi connectivity index (χ2n) is 5.62. The first-order valence-corrected chi connectivity index (χ1v) is 7.32. The number of nitrogens with one attached hydrogen (secondary N) is 1. The molecule has 1 heterocycles. The van der Waals surface area contributed by atoms with Crippen molar-refractivity contribution in [2.75, 3.05) is 0 Å². The molecule has 0 spiro atoms. The Kier molecular flexibility index (Phi) is 5.00. The Labute approximate surface area is 138 Å². The van der Waals surface area contributed by atoms with Crippen LogP contribution in [0.3, 0.4) is 0 Å². The summed E-state index contributed by atoms with van der Waals surface area (Å²) in [6.07, 6.45) is 1.49. The minimum atomic E-state index is -1.01. The molecule has 2 aromatic rings. The molecule has 0 unspecified atom stereocenters. The van der Waals surface area contributed by atoms with Crippen molar-refractivity contribution in [3.05, 3.63) is 46.7 Å². The summed E-state index contributed by atoms with van der Waals surface area (Å²) in [6.45, 7) is 3.50. The number of carbonyl (C=O) groups is 2. The van der Waals surface area contributed by atoms with Crippen molar-refractivity contribution < 1.29 is 14.7 Å². The van der Waals surface area contributed by atoms with Gasteiger partial charge in [-0.15, -0.1) is 5.10 Å². The fourth-order valence-electron chi connectivity index (χ4n) is 2.04. The molecule has 122 valence electrons. The van der Waals surface area contributed by atoms with Crippen LogP contribution in [-0.2, 0) is 28.1 Å².